The molecule has 66 valence electrons. The molecule has 3 N–H and O–H groups in total. The SMILES string of the molecule is Nc1ccc2[nH]cc(C(=O)[O-])c2c1. The summed E-state index contributed by atoms with van der Waals surface area (Å²) in [6.45, 7) is 0. The highest BCUT2D eigenvalue weighted by Crippen LogP contribution is 2.19. The molecule has 1 aromatic heterocycles. The lowest BCUT2D eigenvalue weighted by molar-refractivity contribution is -0.254. The maximum atomic E-state index is 10.6. The smallest absolute Gasteiger partial charge is 0.0736 e. The predicted molar refractivity (Wildman–Crippen MR) is 47.0 cm³/mol. The first-order valence-corrected chi connectivity index (χ1v) is 3.76. The molecular formula is C9H7N2O2-. The fraction of sp³-hybridized carbons (Fsp3) is 0. The number of carboxylic acid groups (broad SMARTS) is 1. The van der Waals surface area contributed by atoms with Gasteiger partial charge in [0.05, 0.1) is 5.97 Å². The number of benzene rings is 1. The standard InChI is InChI=1S/C9H8N2O2/c10-5-1-2-8-6(3-5)7(4-11-8)9(12)13/h1-4,11H,10H2,(H,12,13)/p-1. The highest BCUT2D eigenvalue weighted by Gasteiger charge is 2.03. The Morgan fingerprint density at radius 2 is 2.23 bits per heavy atom. The molecule has 2 rings (SSSR count). The Labute approximate surface area is 74.0 Å². The third-order valence-electron chi connectivity index (χ3n) is 1.93. The lowest BCUT2D eigenvalue weighted by atomic mass is 10.1. The monoisotopic (exact) mass is 175 g/mol. The average Bonchev–Trinajstić information content (AvgIpc) is 2.46. The van der Waals surface area contributed by atoms with E-state index in [9.17, 15) is 9.90 Å². The molecule has 1 heterocycles. The fourth-order valence-corrected chi connectivity index (χ4v) is 1.31. The second kappa shape index (κ2) is 2.52. The minimum Gasteiger partial charge on any atom is -0.545 e. The van der Waals surface area contributed by atoms with Crippen molar-refractivity contribution in [3.8, 4) is 0 Å². The third-order valence-corrected chi connectivity index (χ3v) is 1.93. The number of carbonyl (C=O) groups excluding carboxylic acids is 1. The van der Waals surface area contributed by atoms with Gasteiger partial charge in [-0.3, -0.25) is 0 Å². The number of nitrogens with one attached hydrogen (secondary N) is 1. The number of carboxylic acids is 1. The zero-order chi connectivity index (χ0) is 9.42. The molecule has 0 spiro atoms. The molecule has 0 bridgehead atoms. The predicted octanol–water partition coefficient (Wildman–Crippen LogP) is 0.114. The van der Waals surface area contributed by atoms with Gasteiger partial charge in [0.2, 0.25) is 0 Å². The number of fused-ring (bicyclic) bond motifs is 1. The molecule has 0 amide bonds. The molecule has 0 saturated heterocycles. The van der Waals surface area contributed by atoms with Gasteiger partial charge in [-0.1, -0.05) is 0 Å². The third kappa shape index (κ3) is 1.12. The Hall–Kier alpha value is -1.97. The number of aromatic carboxylic acids is 1. The van der Waals surface area contributed by atoms with E-state index in [1.807, 2.05) is 0 Å². The van der Waals surface area contributed by atoms with Crippen LogP contribution >= 0.6 is 0 Å². The van der Waals surface area contributed by atoms with Gasteiger partial charge in [0.1, 0.15) is 0 Å². The lowest BCUT2D eigenvalue weighted by Gasteiger charge is -1.99. The number of hydrogen-bond donors (Lipinski definition) is 2. The topological polar surface area (TPSA) is 81.9 Å². The van der Waals surface area contributed by atoms with Gasteiger partial charge in [0.15, 0.2) is 0 Å². The number of hydrogen-bond acceptors (Lipinski definition) is 3. The zero-order valence-corrected chi connectivity index (χ0v) is 6.70. The van der Waals surface area contributed by atoms with Crippen molar-refractivity contribution in [2.24, 2.45) is 0 Å². The minimum atomic E-state index is -1.20. The number of H-pyrrole nitrogens is 1. The molecule has 0 aliphatic heterocycles. The van der Waals surface area contributed by atoms with E-state index < -0.39 is 5.97 Å². The first-order chi connectivity index (χ1) is 6.18. The summed E-state index contributed by atoms with van der Waals surface area (Å²) in [5.41, 5.74) is 6.95. The van der Waals surface area contributed by atoms with Crippen molar-refractivity contribution in [3.63, 3.8) is 0 Å². The van der Waals surface area contributed by atoms with Gasteiger partial charge in [0.25, 0.3) is 0 Å². The van der Waals surface area contributed by atoms with Crippen molar-refractivity contribution >= 4 is 22.6 Å². The van der Waals surface area contributed by atoms with Gasteiger partial charge in [-0.2, -0.15) is 0 Å². The molecule has 0 aliphatic rings. The summed E-state index contributed by atoms with van der Waals surface area (Å²) < 4.78 is 0. The first-order valence-electron chi connectivity index (χ1n) is 3.76. The van der Waals surface area contributed by atoms with E-state index >= 15 is 0 Å². The van der Waals surface area contributed by atoms with E-state index in [4.69, 9.17) is 5.73 Å². The van der Waals surface area contributed by atoms with E-state index in [0.717, 1.165) is 5.52 Å². The van der Waals surface area contributed by atoms with Gasteiger partial charge in [-0.15, -0.1) is 0 Å². The van der Waals surface area contributed by atoms with Crippen LogP contribution in [0, 0.1) is 0 Å². The highest BCUT2D eigenvalue weighted by molar-refractivity contribution is 6.03. The quantitative estimate of drug-likeness (QED) is 0.603. The molecule has 4 nitrogen and oxygen atoms in total. The molecular weight excluding hydrogens is 168 g/mol. The number of anilines is 1. The van der Waals surface area contributed by atoms with Crippen LogP contribution in [0.4, 0.5) is 5.69 Å². The number of rotatable bonds is 1. The number of carbonyl (C=O) groups is 1. The molecule has 0 atom stereocenters. The van der Waals surface area contributed by atoms with Crippen molar-refractivity contribution in [3.05, 3.63) is 30.0 Å². The van der Waals surface area contributed by atoms with Crippen LogP contribution < -0.4 is 10.8 Å². The van der Waals surface area contributed by atoms with E-state index in [-0.39, 0.29) is 5.56 Å². The highest BCUT2D eigenvalue weighted by atomic mass is 16.4. The van der Waals surface area contributed by atoms with Crippen molar-refractivity contribution < 1.29 is 9.90 Å². The Morgan fingerprint density at radius 1 is 1.46 bits per heavy atom. The maximum absolute atomic E-state index is 10.6. The summed E-state index contributed by atoms with van der Waals surface area (Å²) in [6, 6.07) is 5.05. The summed E-state index contributed by atoms with van der Waals surface area (Å²) in [7, 11) is 0. The van der Waals surface area contributed by atoms with E-state index in [2.05, 4.69) is 4.98 Å². The summed E-state index contributed by atoms with van der Waals surface area (Å²) in [5.74, 6) is -1.20. The van der Waals surface area contributed by atoms with E-state index in [0.29, 0.717) is 11.1 Å². The first kappa shape index (κ1) is 7.67. The largest absolute Gasteiger partial charge is 0.545 e. The van der Waals surface area contributed by atoms with Gasteiger partial charge < -0.3 is 20.6 Å². The Bertz CT molecular complexity index is 473. The van der Waals surface area contributed by atoms with Crippen LogP contribution in [0.2, 0.25) is 0 Å². The van der Waals surface area contributed by atoms with Gasteiger partial charge in [-0.25, -0.2) is 0 Å². The van der Waals surface area contributed by atoms with Crippen molar-refractivity contribution in [2.75, 3.05) is 5.73 Å². The van der Waals surface area contributed by atoms with Crippen molar-refractivity contribution in [1.82, 2.24) is 4.98 Å². The molecule has 0 aliphatic carbocycles. The van der Waals surface area contributed by atoms with Crippen LogP contribution in [0.15, 0.2) is 24.4 Å². The Balaban J connectivity index is 2.79. The molecule has 4 heteroatoms. The van der Waals surface area contributed by atoms with Crippen molar-refractivity contribution in [2.45, 2.75) is 0 Å². The van der Waals surface area contributed by atoms with Gasteiger partial charge in [0, 0.05) is 28.4 Å². The number of nitrogen functional groups attached to an aromatic ring is 1. The fourth-order valence-electron chi connectivity index (χ4n) is 1.31. The summed E-state index contributed by atoms with van der Waals surface area (Å²) in [4.78, 5) is 13.4. The van der Waals surface area contributed by atoms with Crippen LogP contribution in [0.5, 0.6) is 0 Å². The van der Waals surface area contributed by atoms with Crippen molar-refractivity contribution in [1.29, 1.82) is 0 Å². The zero-order valence-electron chi connectivity index (χ0n) is 6.70. The molecule has 0 radical (unpaired) electrons. The van der Waals surface area contributed by atoms with Gasteiger partial charge >= 0.3 is 0 Å². The number of nitrogens with two attached hydrogens (primary N) is 1. The molecule has 2 aromatic rings. The van der Waals surface area contributed by atoms with Crippen LogP contribution in [-0.2, 0) is 0 Å². The second-order valence-corrected chi connectivity index (χ2v) is 2.79. The average molecular weight is 175 g/mol. The Morgan fingerprint density at radius 3 is 2.92 bits per heavy atom. The summed E-state index contributed by atoms with van der Waals surface area (Å²) >= 11 is 0. The molecule has 0 saturated carbocycles. The van der Waals surface area contributed by atoms with Crippen LogP contribution in [-0.4, -0.2) is 11.0 Å². The maximum Gasteiger partial charge on any atom is 0.0736 e. The summed E-state index contributed by atoms with van der Waals surface area (Å²) in [6.07, 6.45) is 1.40. The molecule has 1 aromatic carbocycles. The van der Waals surface area contributed by atoms with E-state index in [1.165, 1.54) is 6.20 Å². The van der Waals surface area contributed by atoms with Gasteiger partial charge in [-0.05, 0) is 18.2 Å². The normalized spacial score (nSPS) is 10.5. The molecule has 0 fully saturated rings. The van der Waals surface area contributed by atoms with Crippen LogP contribution in [0.25, 0.3) is 10.9 Å². The number of aromatic nitrogens is 1. The Kier molecular flexibility index (Phi) is 1.48. The van der Waals surface area contributed by atoms with Crippen LogP contribution in [0.1, 0.15) is 10.4 Å². The minimum absolute atomic E-state index is 0.141. The second-order valence-electron chi connectivity index (χ2n) is 2.79. The van der Waals surface area contributed by atoms with E-state index in [1.54, 1.807) is 18.2 Å². The summed E-state index contributed by atoms with van der Waals surface area (Å²) in [5, 5.41) is 11.2. The molecule has 13 heavy (non-hydrogen) atoms. The number of aromatic amines is 1. The van der Waals surface area contributed by atoms with Crippen LogP contribution in [0.3, 0.4) is 0 Å². The molecule has 0 unspecified atom stereocenters. The lowest BCUT2D eigenvalue weighted by Crippen LogP contribution is -2.21.